The van der Waals surface area contributed by atoms with Crippen LogP contribution in [-0.2, 0) is 9.84 Å². The number of hydrogen-bond acceptors (Lipinski definition) is 4. The number of sulfone groups is 1. The van der Waals surface area contributed by atoms with Crippen molar-refractivity contribution in [1.82, 2.24) is 5.32 Å². The molecule has 6 nitrogen and oxygen atoms in total. The van der Waals surface area contributed by atoms with Gasteiger partial charge >= 0.3 is 6.03 Å². The Morgan fingerprint density at radius 1 is 1.20 bits per heavy atom. The van der Waals surface area contributed by atoms with Crippen LogP contribution in [0.2, 0.25) is 0 Å². The van der Waals surface area contributed by atoms with E-state index in [2.05, 4.69) is 10.6 Å². The fourth-order valence-corrected chi connectivity index (χ4v) is 3.94. The molecule has 0 aliphatic heterocycles. The average molecular weight is 368 g/mol. The van der Waals surface area contributed by atoms with Crippen LogP contribution in [0.5, 0.6) is 0 Å². The molecule has 140 valence electrons. The smallest absolute Gasteiger partial charge is 0.319 e. The number of aliphatic hydroxyl groups is 1. The van der Waals surface area contributed by atoms with E-state index in [9.17, 15) is 18.3 Å². The van der Waals surface area contributed by atoms with Gasteiger partial charge in [-0.3, -0.25) is 0 Å². The van der Waals surface area contributed by atoms with E-state index in [1.807, 2.05) is 0 Å². The molecule has 1 aromatic carbocycles. The van der Waals surface area contributed by atoms with Crippen molar-refractivity contribution in [2.45, 2.75) is 43.4 Å². The summed E-state index contributed by atoms with van der Waals surface area (Å²) in [6.45, 7) is 0.500. The predicted molar refractivity (Wildman–Crippen MR) is 98.3 cm³/mol. The summed E-state index contributed by atoms with van der Waals surface area (Å²) in [4.78, 5) is 12.2. The lowest BCUT2D eigenvalue weighted by molar-refractivity contribution is 0.182. The van der Waals surface area contributed by atoms with Crippen molar-refractivity contribution in [3.05, 3.63) is 24.3 Å². The minimum absolute atomic E-state index is 0.0693. The normalized spacial score (nSPS) is 17.0. The summed E-state index contributed by atoms with van der Waals surface area (Å²) in [5.74, 6) is 0.723. The van der Waals surface area contributed by atoms with E-state index < -0.39 is 9.84 Å². The highest BCUT2D eigenvalue weighted by Crippen LogP contribution is 2.28. The summed E-state index contributed by atoms with van der Waals surface area (Å²) in [5, 5.41) is 15.0. The number of urea groups is 1. The van der Waals surface area contributed by atoms with Gasteiger partial charge in [-0.05, 0) is 42.5 Å². The summed E-state index contributed by atoms with van der Waals surface area (Å²) in [7, 11) is -3.24. The number of rotatable bonds is 7. The second-order valence-electron chi connectivity index (χ2n) is 6.92. The summed E-state index contributed by atoms with van der Waals surface area (Å²) in [6.07, 6.45) is 8.35. The fraction of sp³-hybridized carbons (Fsp3) is 0.611. The zero-order valence-electron chi connectivity index (χ0n) is 14.7. The molecule has 1 fully saturated rings. The molecule has 25 heavy (non-hydrogen) atoms. The molecule has 1 aliphatic carbocycles. The van der Waals surface area contributed by atoms with Crippen LogP contribution in [0.1, 0.15) is 38.5 Å². The first-order valence-electron chi connectivity index (χ1n) is 8.84. The molecule has 7 heteroatoms. The van der Waals surface area contributed by atoms with Crippen molar-refractivity contribution in [2.24, 2.45) is 11.8 Å². The fourth-order valence-electron chi connectivity index (χ4n) is 3.31. The van der Waals surface area contributed by atoms with Gasteiger partial charge in [0.25, 0.3) is 0 Å². The summed E-state index contributed by atoms with van der Waals surface area (Å²) in [6, 6.07) is 5.69. The molecule has 1 aliphatic rings. The van der Waals surface area contributed by atoms with Crippen molar-refractivity contribution in [3.8, 4) is 0 Å². The zero-order valence-corrected chi connectivity index (χ0v) is 15.5. The Kier molecular flexibility index (Phi) is 7.25. The van der Waals surface area contributed by atoms with Gasteiger partial charge in [-0.2, -0.15) is 0 Å². The molecule has 1 unspecified atom stereocenters. The Morgan fingerprint density at radius 3 is 2.40 bits per heavy atom. The Hall–Kier alpha value is -1.60. The Balaban J connectivity index is 1.78. The second-order valence-corrected chi connectivity index (χ2v) is 8.94. The average Bonchev–Trinajstić information content (AvgIpc) is 2.59. The SMILES string of the molecule is CS(=O)(=O)c1ccc(NC(=O)NCC(CO)CC2CCCCC2)cc1. The van der Waals surface area contributed by atoms with E-state index in [1.54, 1.807) is 12.1 Å². The molecular formula is C18H28N2O4S. The van der Waals surface area contributed by atoms with Gasteiger partial charge in [0, 0.05) is 25.1 Å². The van der Waals surface area contributed by atoms with E-state index in [-0.39, 0.29) is 23.5 Å². The number of carbonyl (C=O) groups is 1. The minimum Gasteiger partial charge on any atom is -0.396 e. The van der Waals surface area contributed by atoms with Crippen molar-refractivity contribution in [2.75, 3.05) is 24.7 Å². The Labute approximate surface area is 149 Å². The van der Waals surface area contributed by atoms with Crippen LogP contribution in [0.4, 0.5) is 10.5 Å². The molecule has 0 spiro atoms. The third-order valence-electron chi connectivity index (χ3n) is 4.74. The van der Waals surface area contributed by atoms with Crippen LogP contribution in [-0.4, -0.2) is 39.0 Å². The maximum atomic E-state index is 12.0. The van der Waals surface area contributed by atoms with Gasteiger partial charge in [0.2, 0.25) is 0 Å². The number of nitrogens with one attached hydrogen (secondary N) is 2. The first kappa shape index (κ1) is 19.7. The van der Waals surface area contributed by atoms with Gasteiger partial charge < -0.3 is 15.7 Å². The molecule has 2 rings (SSSR count). The molecule has 0 aromatic heterocycles. The molecule has 1 aromatic rings. The summed E-state index contributed by atoms with van der Waals surface area (Å²) >= 11 is 0. The molecule has 3 N–H and O–H groups in total. The summed E-state index contributed by atoms with van der Waals surface area (Å²) in [5.41, 5.74) is 0.526. The van der Waals surface area contributed by atoms with E-state index in [0.29, 0.717) is 18.2 Å². The molecule has 1 atom stereocenters. The zero-order chi connectivity index (χ0) is 18.3. The monoisotopic (exact) mass is 368 g/mol. The molecule has 1 saturated carbocycles. The van der Waals surface area contributed by atoms with Gasteiger partial charge in [-0.15, -0.1) is 0 Å². The standard InChI is InChI=1S/C18H28N2O4S/c1-25(23,24)17-9-7-16(8-10-17)20-18(22)19-12-15(13-21)11-14-5-3-2-4-6-14/h7-10,14-15,21H,2-6,11-13H2,1H3,(H2,19,20,22). The predicted octanol–water partition coefficient (Wildman–Crippen LogP) is 2.79. The minimum atomic E-state index is -3.24. The van der Waals surface area contributed by atoms with Crippen LogP contribution in [0.25, 0.3) is 0 Å². The number of hydrogen-bond donors (Lipinski definition) is 3. The van der Waals surface area contributed by atoms with Gasteiger partial charge in [0.1, 0.15) is 0 Å². The third kappa shape index (κ3) is 6.66. The number of aliphatic hydroxyl groups excluding tert-OH is 1. The lowest BCUT2D eigenvalue weighted by Crippen LogP contribution is -2.35. The number of amides is 2. The number of anilines is 1. The Morgan fingerprint density at radius 2 is 1.84 bits per heavy atom. The molecule has 0 radical (unpaired) electrons. The molecule has 0 saturated heterocycles. The molecular weight excluding hydrogens is 340 g/mol. The van der Waals surface area contributed by atoms with Crippen LogP contribution >= 0.6 is 0 Å². The second kappa shape index (κ2) is 9.20. The maximum absolute atomic E-state index is 12.0. The quantitative estimate of drug-likeness (QED) is 0.689. The number of carbonyl (C=O) groups excluding carboxylic acids is 1. The topological polar surface area (TPSA) is 95.5 Å². The summed E-state index contributed by atoms with van der Waals surface area (Å²) < 4.78 is 22.8. The largest absolute Gasteiger partial charge is 0.396 e. The van der Waals surface area contributed by atoms with Crippen molar-refractivity contribution in [3.63, 3.8) is 0 Å². The van der Waals surface area contributed by atoms with Crippen molar-refractivity contribution in [1.29, 1.82) is 0 Å². The van der Waals surface area contributed by atoms with Gasteiger partial charge in [-0.1, -0.05) is 32.1 Å². The van der Waals surface area contributed by atoms with Gasteiger partial charge in [-0.25, -0.2) is 13.2 Å². The van der Waals surface area contributed by atoms with Crippen LogP contribution in [0.15, 0.2) is 29.2 Å². The number of benzene rings is 1. The van der Waals surface area contributed by atoms with E-state index in [4.69, 9.17) is 0 Å². The third-order valence-corrected chi connectivity index (χ3v) is 5.87. The van der Waals surface area contributed by atoms with E-state index in [0.717, 1.165) is 12.7 Å². The van der Waals surface area contributed by atoms with E-state index >= 15 is 0 Å². The molecule has 0 heterocycles. The van der Waals surface area contributed by atoms with Gasteiger partial charge in [0.15, 0.2) is 9.84 Å². The van der Waals surface area contributed by atoms with Crippen molar-refractivity contribution < 1.29 is 18.3 Å². The first-order chi connectivity index (χ1) is 11.9. The lowest BCUT2D eigenvalue weighted by atomic mass is 9.83. The maximum Gasteiger partial charge on any atom is 0.319 e. The highest BCUT2D eigenvalue weighted by molar-refractivity contribution is 7.90. The van der Waals surface area contributed by atoms with Crippen molar-refractivity contribution >= 4 is 21.6 Å². The molecule has 2 amide bonds. The molecule has 0 bridgehead atoms. The van der Waals surface area contributed by atoms with Crippen LogP contribution in [0.3, 0.4) is 0 Å². The first-order valence-corrected chi connectivity index (χ1v) is 10.7. The van der Waals surface area contributed by atoms with Gasteiger partial charge in [0.05, 0.1) is 4.90 Å². The highest BCUT2D eigenvalue weighted by atomic mass is 32.2. The van der Waals surface area contributed by atoms with E-state index in [1.165, 1.54) is 44.2 Å². The van der Waals surface area contributed by atoms with Crippen LogP contribution < -0.4 is 10.6 Å². The highest BCUT2D eigenvalue weighted by Gasteiger charge is 2.19. The lowest BCUT2D eigenvalue weighted by Gasteiger charge is -2.25. The Bertz CT molecular complexity index is 652. The van der Waals surface area contributed by atoms with Crippen LogP contribution in [0, 0.1) is 11.8 Å².